The Morgan fingerprint density at radius 3 is 1.63 bits per heavy atom. The summed E-state index contributed by atoms with van der Waals surface area (Å²) in [5, 5.41) is 25.6. The van der Waals surface area contributed by atoms with Crippen LogP contribution in [0, 0.1) is 11.8 Å². The van der Waals surface area contributed by atoms with Crippen molar-refractivity contribution < 1.29 is 34.2 Å². The fourth-order valence-corrected chi connectivity index (χ4v) is 2.57. The largest absolute Gasteiger partial charge is 0.481 e. The lowest BCUT2D eigenvalue weighted by molar-refractivity contribution is -0.144. The van der Waals surface area contributed by atoms with Crippen molar-refractivity contribution >= 4 is 29.7 Å². The molecule has 0 aromatic carbocycles. The zero-order valence-electron chi connectivity index (χ0n) is 18.1. The topological polar surface area (TPSA) is 188 Å². The number of hydrogen-bond acceptors (Lipinski definition) is 6. The Bertz CT molecular complexity index is 638. The van der Waals surface area contributed by atoms with E-state index in [1.165, 1.54) is 6.92 Å². The van der Waals surface area contributed by atoms with Gasteiger partial charge in [0.25, 0.3) is 0 Å². The molecule has 0 aliphatic heterocycles. The Labute approximate surface area is 176 Å². The van der Waals surface area contributed by atoms with E-state index in [0.29, 0.717) is 12.8 Å². The lowest BCUT2D eigenvalue weighted by atomic mass is 9.97. The van der Waals surface area contributed by atoms with Crippen molar-refractivity contribution in [3.05, 3.63) is 0 Å². The van der Waals surface area contributed by atoms with E-state index in [4.69, 9.17) is 10.8 Å². The second-order valence-corrected chi connectivity index (χ2v) is 7.53. The molecule has 11 nitrogen and oxygen atoms in total. The highest BCUT2D eigenvalue weighted by Gasteiger charge is 2.34. The van der Waals surface area contributed by atoms with Gasteiger partial charge >= 0.3 is 11.9 Å². The minimum atomic E-state index is -1.51. The average molecular weight is 431 g/mol. The van der Waals surface area contributed by atoms with E-state index in [1.807, 2.05) is 0 Å². The molecule has 11 heteroatoms. The van der Waals surface area contributed by atoms with E-state index < -0.39 is 66.2 Å². The standard InChI is InChI=1S/C19H34N4O7/c1-6-9(3)14(22-16(26)11(5)20)18(28)21-12(8-13(24)25)17(27)23-15(19(29)30)10(4)7-2/h9-12,14-15H,6-8,20H2,1-5H3,(H,21,28)(H,22,26)(H,23,27)(H,24,25)(H,29,30). The number of nitrogens with one attached hydrogen (secondary N) is 3. The first-order valence-corrected chi connectivity index (χ1v) is 9.96. The summed E-state index contributed by atoms with van der Waals surface area (Å²) in [4.78, 5) is 59.9. The zero-order valence-corrected chi connectivity index (χ0v) is 18.1. The third-order valence-corrected chi connectivity index (χ3v) is 5.00. The maximum absolute atomic E-state index is 12.8. The summed E-state index contributed by atoms with van der Waals surface area (Å²) in [5.74, 6) is -5.61. The molecule has 0 rings (SSSR count). The predicted octanol–water partition coefficient (Wildman–Crippen LogP) is -0.560. The van der Waals surface area contributed by atoms with E-state index in [-0.39, 0.29) is 5.92 Å². The van der Waals surface area contributed by atoms with E-state index >= 15 is 0 Å². The van der Waals surface area contributed by atoms with Crippen molar-refractivity contribution in [3.63, 3.8) is 0 Å². The van der Waals surface area contributed by atoms with Crippen molar-refractivity contribution in [1.82, 2.24) is 16.0 Å². The van der Waals surface area contributed by atoms with Crippen molar-refractivity contribution in [1.29, 1.82) is 0 Å². The van der Waals surface area contributed by atoms with Crippen LogP contribution in [0.1, 0.15) is 53.9 Å². The van der Waals surface area contributed by atoms with Crippen LogP contribution in [-0.4, -0.2) is 64.0 Å². The molecular weight excluding hydrogens is 396 g/mol. The fourth-order valence-electron chi connectivity index (χ4n) is 2.57. The van der Waals surface area contributed by atoms with Crippen LogP contribution < -0.4 is 21.7 Å². The second-order valence-electron chi connectivity index (χ2n) is 7.53. The zero-order chi connectivity index (χ0) is 23.6. The average Bonchev–Trinajstić information content (AvgIpc) is 2.67. The number of amides is 3. The van der Waals surface area contributed by atoms with Gasteiger partial charge in [-0.3, -0.25) is 19.2 Å². The maximum atomic E-state index is 12.8. The molecule has 0 radical (unpaired) electrons. The van der Waals surface area contributed by atoms with Gasteiger partial charge in [-0.2, -0.15) is 0 Å². The molecular formula is C19H34N4O7. The van der Waals surface area contributed by atoms with Gasteiger partial charge in [0.05, 0.1) is 12.5 Å². The summed E-state index contributed by atoms with van der Waals surface area (Å²) >= 11 is 0. The van der Waals surface area contributed by atoms with Gasteiger partial charge in [0, 0.05) is 0 Å². The molecule has 6 unspecified atom stereocenters. The molecule has 0 aliphatic carbocycles. The summed E-state index contributed by atoms with van der Waals surface area (Å²) in [6.45, 7) is 8.34. The van der Waals surface area contributed by atoms with Crippen LogP contribution in [0.25, 0.3) is 0 Å². The maximum Gasteiger partial charge on any atom is 0.326 e. The quantitative estimate of drug-likeness (QED) is 0.224. The van der Waals surface area contributed by atoms with Crippen molar-refractivity contribution in [2.45, 2.75) is 78.0 Å². The van der Waals surface area contributed by atoms with E-state index in [2.05, 4.69) is 16.0 Å². The Morgan fingerprint density at radius 2 is 1.23 bits per heavy atom. The first-order valence-electron chi connectivity index (χ1n) is 9.96. The van der Waals surface area contributed by atoms with Gasteiger partial charge in [0.15, 0.2) is 0 Å². The molecule has 0 saturated carbocycles. The first-order chi connectivity index (χ1) is 13.8. The number of hydrogen-bond donors (Lipinski definition) is 6. The number of aliphatic carboxylic acids is 2. The third-order valence-electron chi connectivity index (χ3n) is 5.00. The highest BCUT2D eigenvalue weighted by Crippen LogP contribution is 2.11. The number of rotatable bonds is 13. The van der Waals surface area contributed by atoms with Gasteiger partial charge in [-0.15, -0.1) is 0 Å². The van der Waals surface area contributed by atoms with Crippen LogP contribution in [0.2, 0.25) is 0 Å². The fraction of sp³-hybridized carbons (Fsp3) is 0.737. The first kappa shape index (κ1) is 27.3. The smallest absolute Gasteiger partial charge is 0.326 e. The minimum Gasteiger partial charge on any atom is -0.481 e. The summed E-state index contributed by atoms with van der Waals surface area (Å²) in [6, 6.07) is -4.66. The van der Waals surface area contributed by atoms with Crippen LogP contribution >= 0.6 is 0 Å². The van der Waals surface area contributed by atoms with Crippen molar-refractivity contribution in [2.24, 2.45) is 17.6 Å². The molecule has 0 aliphatic rings. The molecule has 30 heavy (non-hydrogen) atoms. The molecule has 0 aromatic rings. The Balaban J connectivity index is 5.56. The molecule has 6 atom stereocenters. The van der Waals surface area contributed by atoms with E-state index in [0.717, 1.165) is 0 Å². The molecule has 0 heterocycles. The second kappa shape index (κ2) is 12.8. The Morgan fingerprint density at radius 1 is 0.767 bits per heavy atom. The summed E-state index contributed by atoms with van der Waals surface area (Å²) < 4.78 is 0. The minimum absolute atomic E-state index is 0.326. The number of carbonyl (C=O) groups is 5. The monoisotopic (exact) mass is 430 g/mol. The number of carboxylic acid groups (broad SMARTS) is 2. The van der Waals surface area contributed by atoms with Crippen LogP contribution in [-0.2, 0) is 24.0 Å². The molecule has 0 spiro atoms. The SMILES string of the molecule is CCC(C)C(NC(=O)C(CC(=O)O)NC(=O)C(NC(=O)C(C)N)C(C)CC)C(=O)O. The number of nitrogens with two attached hydrogens (primary N) is 1. The van der Waals surface area contributed by atoms with E-state index in [1.54, 1.807) is 27.7 Å². The molecule has 3 amide bonds. The summed E-state index contributed by atoms with van der Waals surface area (Å²) in [5.41, 5.74) is 5.52. The van der Waals surface area contributed by atoms with Gasteiger partial charge in [0.2, 0.25) is 17.7 Å². The van der Waals surface area contributed by atoms with Crippen molar-refractivity contribution in [2.75, 3.05) is 0 Å². The van der Waals surface area contributed by atoms with Gasteiger partial charge in [0.1, 0.15) is 18.1 Å². The Kier molecular flexibility index (Phi) is 11.6. The number of carbonyl (C=O) groups excluding carboxylic acids is 3. The van der Waals surface area contributed by atoms with Crippen LogP contribution in [0.5, 0.6) is 0 Å². The summed E-state index contributed by atoms with van der Waals surface area (Å²) in [7, 11) is 0. The van der Waals surface area contributed by atoms with E-state index in [9.17, 15) is 29.1 Å². The number of carboxylic acids is 2. The molecule has 0 aromatic heterocycles. The summed E-state index contributed by atoms with van der Waals surface area (Å²) in [6.07, 6.45) is 0.230. The van der Waals surface area contributed by atoms with Gasteiger partial charge < -0.3 is 31.9 Å². The lowest BCUT2D eigenvalue weighted by Gasteiger charge is -2.27. The molecule has 0 saturated heterocycles. The predicted molar refractivity (Wildman–Crippen MR) is 108 cm³/mol. The van der Waals surface area contributed by atoms with Gasteiger partial charge in [-0.05, 0) is 18.8 Å². The van der Waals surface area contributed by atoms with Crippen molar-refractivity contribution in [3.8, 4) is 0 Å². The van der Waals surface area contributed by atoms with Crippen LogP contribution in [0.15, 0.2) is 0 Å². The van der Waals surface area contributed by atoms with Gasteiger partial charge in [-0.25, -0.2) is 4.79 Å². The highest BCUT2D eigenvalue weighted by molar-refractivity contribution is 5.95. The highest BCUT2D eigenvalue weighted by atomic mass is 16.4. The normalized spacial score (nSPS) is 16.9. The molecule has 172 valence electrons. The molecule has 0 fully saturated rings. The molecule has 7 N–H and O–H groups in total. The van der Waals surface area contributed by atoms with Crippen LogP contribution in [0.4, 0.5) is 0 Å². The molecule has 0 bridgehead atoms. The van der Waals surface area contributed by atoms with Crippen LogP contribution in [0.3, 0.4) is 0 Å². The Hall–Kier alpha value is -2.69. The third kappa shape index (κ3) is 8.76. The lowest BCUT2D eigenvalue weighted by Crippen LogP contribution is -2.59. The van der Waals surface area contributed by atoms with Gasteiger partial charge in [-0.1, -0.05) is 40.5 Å².